The third kappa shape index (κ3) is 2.90. The summed E-state index contributed by atoms with van der Waals surface area (Å²) in [6, 6.07) is 8.68. The van der Waals surface area contributed by atoms with Gasteiger partial charge in [0.15, 0.2) is 0 Å². The Morgan fingerprint density at radius 1 is 1.28 bits per heavy atom. The lowest BCUT2D eigenvalue weighted by atomic mass is 10.2. The van der Waals surface area contributed by atoms with Crippen molar-refractivity contribution in [3.8, 4) is 0 Å². The fraction of sp³-hybridized carbons (Fsp3) is 0.167. The predicted octanol–water partition coefficient (Wildman–Crippen LogP) is 2.32. The first-order valence-corrected chi connectivity index (χ1v) is 7.80. The number of rotatable bonds is 4. The van der Waals surface area contributed by atoms with Gasteiger partial charge in [-0.1, -0.05) is 12.1 Å². The van der Waals surface area contributed by atoms with Crippen LogP contribution in [0.3, 0.4) is 0 Å². The topological polar surface area (TPSA) is 72.2 Å². The molecule has 0 unspecified atom stereocenters. The average molecular weight is 282 g/mol. The first kappa shape index (κ1) is 13.1. The summed E-state index contributed by atoms with van der Waals surface area (Å²) in [6.45, 7) is 2.62. The molecule has 0 aliphatic rings. The second-order valence-electron chi connectivity index (χ2n) is 3.92. The highest BCUT2D eigenvalue weighted by molar-refractivity contribution is 7.89. The largest absolute Gasteiger partial charge is 0.379 e. The van der Waals surface area contributed by atoms with Gasteiger partial charge in [0.05, 0.1) is 5.69 Å². The fourth-order valence-electron chi connectivity index (χ4n) is 1.62. The minimum atomic E-state index is -3.69. The van der Waals surface area contributed by atoms with Gasteiger partial charge in [0.1, 0.15) is 4.90 Å². The van der Waals surface area contributed by atoms with Crippen molar-refractivity contribution >= 4 is 27.0 Å². The molecule has 6 heteroatoms. The molecule has 4 nitrogen and oxygen atoms in total. The number of sulfonamides is 1. The molecule has 1 aromatic heterocycles. The maximum atomic E-state index is 11.4. The van der Waals surface area contributed by atoms with Crippen LogP contribution in [0, 0.1) is 6.92 Å². The number of nitrogens with two attached hydrogens (primary N) is 1. The SMILES string of the molecule is Cc1ccsc1CNc1ccccc1S(N)(=O)=O. The Hall–Kier alpha value is -1.37. The number of aryl methyl sites for hydroxylation is 1. The zero-order valence-corrected chi connectivity index (χ0v) is 11.5. The van der Waals surface area contributed by atoms with Crippen LogP contribution in [0.4, 0.5) is 5.69 Å². The number of anilines is 1. The molecule has 0 fully saturated rings. The van der Waals surface area contributed by atoms with E-state index in [2.05, 4.69) is 5.32 Å². The second-order valence-corrected chi connectivity index (χ2v) is 6.45. The minimum absolute atomic E-state index is 0.124. The summed E-state index contributed by atoms with van der Waals surface area (Å²) >= 11 is 1.64. The Morgan fingerprint density at radius 2 is 2.00 bits per heavy atom. The summed E-state index contributed by atoms with van der Waals surface area (Å²) in [5.74, 6) is 0. The van der Waals surface area contributed by atoms with Crippen molar-refractivity contribution in [2.45, 2.75) is 18.4 Å². The van der Waals surface area contributed by atoms with E-state index in [1.807, 2.05) is 18.4 Å². The van der Waals surface area contributed by atoms with Crippen LogP contribution >= 0.6 is 11.3 Å². The summed E-state index contributed by atoms with van der Waals surface area (Å²) in [6.07, 6.45) is 0. The molecule has 96 valence electrons. The Labute approximate surface area is 111 Å². The molecule has 0 atom stereocenters. The fourth-order valence-corrected chi connectivity index (χ4v) is 3.18. The van der Waals surface area contributed by atoms with Crippen LogP contribution in [0.15, 0.2) is 40.6 Å². The van der Waals surface area contributed by atoms with E-state index in [1.54, 1.807) is 29.5 Å². The van der Waals surface area contributed by atoms with E-state index in [4.69, 9.17) is 5.14 Å². The van der Waals surface area contributed by atoms with Gasteiger partial charge in [-0.2, -0.15) is 0 Å². The summed E-state index contributed by atoms with van der Waals surface area (Å²) in [4.78, 5) is 1.30. The number of hydrogen-bond donors (Lipinski definition) is 2. The molecule has 0 amide bonds. The quantitative estimate of drug-likeness (QED) is 0.904. The number of benzene rings is 1. The van der Waals surface area contributed by atoms with Gasteiger partial charge in [0.25, 0.3) is 0 Å². The normalized spacial score (nSPS) is 11.4. The number of nitrogens with one attached hydrogen (secondary N) is 1. The summed E-state index contributed by atoms with van der Waals surface area (Å²) < 4.78 is 22.8. The first-order chi connectivity index (χ1) is 8.48. The number of hydrogen-bond acceptors (Lipinski definition) is 4. The second kappa shape index (κ2) is 5.09. The molecule has 0 bridgehead atoms. The monoisotopic (exact) mass is 282 g/mol. The van der Waals surface area contributed by atoms with Crippen LogP contribution in [0.1, 0.15) is 10.4 Å². The first-order valence-electron chi connectivity index (χ1n) is 5.37. The Bertz CT molecular complexity index is 648. The highest BCUT2D eigenvalue weighted by Gasteiger charge is 2.12. The van der Waals surface area contributed by atoms with Gasteiger partial charge in [0.2, 0.25) is 10.0 Å². The smallest absolute Gasteiger partial charge is 0.240 e. The van der Waals surface area contributed by atoms with Gasteiger partial charge in [-0.15, -0.1) is 11.3 Å². The molecule has 0 aliphatic heterocycles. The molecule has 0 spiro atoms. The molecular weight excluding hydrogens is 268 g/mol. The predicted molar refractivity (Wildman–Crippen MR) is 74.2 cm³/mol. The number of para-hydroxylation sites is 1. The minimum Gasteiger partial charge on any atom is -0.379 e. The molecule has 1 aromatic carbocycles. The van der Waals surface area contributed by atoms with E-state index in [9.17, 15) is 8.42 Å². The van der Waals surface area contributed by atoms with Crippen molar-refractivity contribution in [1.82, 2.24) is 0 Å². The molecule has 18 heavy (non-hydrogen) atoms. The van der Waals surface area contributed by atoms with Crippen LogP contribution in [0.25, 0.3) is 0 Å². The van der Waals surface area contributed by atoms with Crippen LogP contribution in [-0.2, 0) is 16.6 Å². The zero-order valence-electron chi connectivity index (χ0n) is 9.88. The highest BCUT2D eigenvalue weighted by Crippen LogP contribution is 2.22. The maximum absolute atomic E-state index is 11.4. The van der Waals surface area contributed by atoms with Gasteiger partial charge in [-0.25, -0.2) is 13.6 Å². The van der Waals surface area contributed by atoms with Gasteiger partial charge < -0.3 is 5.32 Å². The van der Waals surface area contributed by atoms with Gasteiger partial charge >= 0.3 is 0 Å². The van der Waals surface area contributed by atoms with E-state index in [1.165, 1.54) is 16.5 Å². The molecule has 2 aromatic rings. The van der Waals surface area contributed by atoms with E-state index in [-0.39, 0.29) is 4.90 Å². The van der Waals surface area contributed by atoms with E-state index in [0.717, 1.165) is 0 Å². The standard InChI is InChI=1S/C12H14N2O2S2/c1-9-6-7-17-11(9)8-14-10-4-2-3-5-12(10)18(13,15)16/h2-7,14H,8H2,1H3,(H2,13,15,16). The third-order valence-electron chi connectivity index (χ3n) is 2.60. The lowest BCUT2D eigenvalue weighted by Crippen LogP contribution is -2.14. The number of thiophene rings is 1. The van der Waals surface area contributed by atoms with Crippen LogP contribution < -0.4 is 10.5 Å². The summed E-state index contributed by atoms with van der Waals surface area (Å²) in [5, 5.41) is 10.3. The van der Waals surface area contributed by atoms with Gasteiger partial charge in [-0.3, -0.25) is 0 Å². The molecular formula is C12H14N2O2S2. The summed E-state index contributed by atoms with van der Waals surface area (Å²) in [7, 11) is -3.69. The van der Waals surface area contributed by atoms with Crippen molar-refractivity contribution < 1.29 is 8.42 Å². The molecule has 0 radical (unpaired) electrons. The van der Waals surface area contributed by atoms with Crippen LogP contribution in [0.5, 0.6) is 0 Å². The van der Waals surface area contributed by atoms with E-state index < -0.39 is 10.0 Å². The third-order valence-corrected chi connectivity index (χ3v) is 4.59. The summed E-state index contributed by atoms with van der Waals surface area (Å²) in [5.41, 5.74) is 1.73. The zero-order chi connectivity index (χ0) is 13.2. The lowest BCUT2D eigenvalue weighted by Gasteiger charge is -2.10. The Kier molecular flexibility index (Phi) is 3.70. The molecule has 0 saturated heterocycles. The van der Waals surface area contributed by atoms with Crippen molar-refractivity contribution in [3.05, 3.63) is 46.2 Å². The van der Waals surface area contributed by atoms with Gasteiger partial charge in [0, 0.05) is 11.4 Å². The Balaban J connectivity index is 2.23. The average Bonchev–Trinajstić information content (AvgIpc) is 2.71. The van der Waals surface area contributed by atoms with Crippen molar-refractivity contribution in [3.63, 3.8) is 0 Å². The lowest BCUT2D eigenvalue weighted by molar-refractivity contribution is 0.598. The Morgan fingerprint density at radius 3 is 2.61 bits per heavy atom. The molecule has 0 aliphatic carbocycles. The van der Waals surface area contributed by atoms with Crippen molar-refractivity contribution in [1.29, 1.82) is 0 Å². The highest BCUT2D eigenvalue weighted by atomic mass is 32.2. The van der Waals surface area contributed by atoms with Crippen molar-refractivity contribution in [2.24, 2.45) is 5.14 Å². The molecule has 2 rings (SSSR count). The van der Waals surface area contributed by atoms with E-state index in [0.29, 0.717) is 12.2 Å². The maximum Gasteiger partial charge on any atom is 0.240 e. The number of primary sulfonamides is 1. The van der Waals surface area contributed by atoms with Crippen LogP contribution in [0.2, 0.25) is 0 Å². The van der Waals surface area contributed by atoms with Crippen LogP contribution in [-0.4, -0.2) is 8.42 Å². The molecule has 1 heterocycles. The van der Waals surface area contributed by atoms with Crippen molar-refractivity contribution in [2.75, 3.05) is 5.32 Å². The van der Waals surface area contributed by atoms with E-state index >= 15 is 0 Å². The molecule has 0 saturated carbocycles. The molecule has 3 N–H and O–H groups in total. The van der Waals surface area contributed by atoms with Gasteiger partial charge in [-0.05, 0) is 36.1 Å².